The summed E-state index contributed by atoms with van der Waals surface area (Å²) in [5.41, 5.74) is 7.99. The molecule has 1 aliphatic rings. The van der Waals surface area contributed by atoms with E-state index in [4.69, 9.17) is 17.3 Å². The minimum atomic E-state index is -0.434. The SMILES string of the molecule is CCC(C)C(N)C(=O)N1CCN(c2nnc(-c3ccc(Cl)cc3)c3ccccc23)CC1. The van der Waals surface area contributed by atoms with E-state index in [2.05, 4.69) is 34.2 Å². The van der Waals surface area contributed by atoms with Crippen molar-refractivity contribution in [1.82, 2.24) is 15.1 Å². The number of carbonyl (C=O) groups excluding carboxylic acids is 1. The van der Waals surface area contributed by atoms with Gasteiger partial charge in [-0.25, -0.2) is 0 Å². The van der Waals surface area contributed by atoms with E-state index in [0.29, 0.717) is 31.2 Å². The molecule has 6 nitrogen and oxygen atoms in total. The molecule has 1 aromatic heterocycles. The summed E-state index contributed by atoms with van der Waals surface area (Å²) in [6, 6.07) is 15.4. The Bertz CT molecular complexity index is 1060. The summed E-state index contributed by atoms with van der Waals surface area (Å²) in [4.78, 5) is 16.8. The summed E-state index contributed by atoms with van der Waals surface area (Å²) in [5.74, 6) is 1.08. The fourth-order valence-corrected chi connectivity index (χ4v) is 4.12. The van der Waals surface area contributed by atoms with E-state index in [1.807, 2.05) is 48.2 Å². The predicted molar refractivity (Wildman–Crippen MR) is 126 cm³/mol. The van der Waals surface area contributed by atoms with Crippen LogP contribution in [0.15, 0.2) is 48.5 Å². The number of nitrogens with zero attached hydrogens (tertiary/aromatic N) is 4. The maximum Gasteiger partial charge on any atom is 0.239 e. The summed E-state index contributed by atoms with van der Waals surface area (Å²) >= 11 is 6.04. The zero-order chi connectivity index (χ0) is 22.0. The van der Waals surface area contributed by atoms with E-state index >= 15 is 0 Å². The third kappa shape index (κ3) is 4.36. The Hall–Kier alpha value is -2.70. The zero-order valence-electron chi connectivity index (χ0n) is 18.0. The van der Waals surface area contributed by atoms with Gasteiger partial charge in [-0.05, 0) is 18.1 Å². The van der Waals surface area contributed by atoms with Crippen molar-refractivity contribution in [2.45, 2.75) is 26.3 Å². The molecule has 4 rings (SSSR count). The molecule has 2 aromatic carbocycles. The average Bonchev–Trinajstić information content (AvgIpc) is 2.82. The second-order valence-corrected chi connectivity index (χ2v) is 8.58. The molecule has 31 heavy (non-hydrogen) atoms. The Labute approximate surface area is 188 Å². The summed E-state index contributed by atoms with van der Waals surface area (Å²) in [5, 5.41) is 11.9. The van der Waals surface area contributed by atoms with Crippen molar-refractivity contribution < 1.29 is 4.79 Å². The van der Waals surface area contributed by atoms with Crippen LogP contribution >= 0.6 is 11.6 Å². The maximum absolute atomic E-state index is 12.7. The highest BCUT2D eigenvalue weighted by molar-refractivity contribution is 6.30. The monoisotopic (exact) mass is 437 g/mol. The van der Waals surface area contributed by atoms with Gasteiger partial charge >= 0.3 is 0 Å². The lowest BCUT2D eigenvalue weighted by Crippen LogP contribution is -2.54. The van der Waals surface area contributed by atoms with Crippen molar-refractivity contribution in [2.24, 2.45) is 11.7 Å². The zero-order valence-corrected chi connectivity index (χ0v) is 18.7. The van der Waals surface area contributed by atoms with Crippen LogP contribution in [0.25, 0.3) is 22.0 Å². The van der Waals surface area contributed by atoms with Gasteiger partial charge in [-0.1, -0.05) is 68.3 Å². The van der Waals surface area contributed by atoms with Gasteiger partial charge in [-0.15, -0.1) is 10.2 Å². The van der Waals surface area contributed by atoms with Gasteiger partial charge in [0.1, 0.15) is 5.69 Å². The van der Waals surface area contributed by atoms with Crippen molar-refractivity contribution in [2.75, 3.05) is 31.1 Å². The Morgan fingerprint density at radius 1 is 1.03 bits per heavy atom. The first-order valence-electron chi connectivity index (χ1n) is 10.8. The number of aromatic nitrogens is 2. The van der Waals surface area contributed by atoms with Crippen LogP contribution in [0.1, 0.15) is 20.3 Å². The molecule has 2 N–H and O–H groups in total. The minimum Gasteiger partial charge on any atom is -0.351 e. The number of hydrogen-bond acceptors (Lipinski definition) is 5. The molecule has 0 bridgehead atoms. The van der Waals surface area contributed by atoms with Gasteiger partial charge in [0.2, 0.25) is 5.91 Å². The van der Waals surface area contributed by atoms with Crippen molar-refractivity contribution in [3.63, 3.8) is 0 Å². The highest BCUT2D eigenvalue weighted by atomic mass is 35.5. The fraction of sp³-hybridized carbons (Fsp3) is 0.375. The van der Waals surface area contributed by atoms with Crippen LogP contribution in [-0.2, 0) is 4.79 Å². The molecule has 0 saturated carbocycles. The lowest BCUT2D eigenvalue weighted by Gasteiger charge is -2.37. The molecule has 2 heterocycles. The van der Waals surface area contributed by atoms with E-state index in [0.717, 1.165) is 34.3 Å². The molecule has 0 spiro atoms. The van der Waals surface area contributed by atoms with Crippen molar-refractivity contribution >= 4 is 34.1 Å². The number of halogens is 1. The average molecular weight is 438 g/mol. The van der Waals surface area contributed by atoms with Gasteiger partial charge in [0.25, 0.3) is 0 Å². The van der Waals surface area contributed by atoms with Gasteiger partial charge in [0, 0.05) is 47.5 Å². The summed E-state index contributed by atoms with van der Waals surface area (Å²) in [6.07, 6.45) is 0.897. The fourth-order valence-electron chi connectivity index (χ4n) is 3.99. The van der Waals surface area contributed by atoms with E-state index in [1.54, 1.807) is 0 Å². The van der Waals surface area contributed by atoms with Crippen LogP contribution in [-0.4, -0.2) is 53.2 Å². The molecule has 162 valence electrons. The topological polar surface area (TPSA) is 75.4 Å². The highest BCUT2D eigenvalue weighted by Gasteiger charge is 2.29. The molecular formula is C24H28ClN5O. The maximum atomic E-state index is 12.7. The molecular weight excluding hydrogens is 410 g/mol. The van der Waals surface area contributed by atoms with Gasteiger partial charge in [-0.3, -0.25) is 4.79 Å². The first-order chi connectivity index (χ1) is 15.0. The normalized spacial score (nSPS) is 16.4. The first-order valence-corrected chi connectivity index (χ1v) is 11.2. The molecule has 0 radical (unpaired) electrons. The predicted octanol–water partition coefficient (Wildman–Crippen LogP) is 3.97. The Balaban J connectivity index is 1.57. The minimum absolute atomic E-state index is 0.0445. The quantitative estimate of drug-likeness (QED) is 0.653. The smallest absolute Gasteiger partial charge is 0.239 e. The largest absolute Gasteiger partial charge is 0.351 e. The van der Waals surface area contributed by atoms with Crippen molar-refractivity contribution in [1.29, 1.82) is 0 Å². The van der Waals surface area contributed by atoms with Gasteiger partial charge in [-0.2, -0.15) is 0 Å². The molecule has 3 aromatic rings. The molecule has 1 saturated heterocycles. The number of rotatable bonds is 5. The Kier molecular flexibility index (Phi) is 6.39. The van der Waals surface area contributed by atoms with E-state index in [1.165, 1.54) is 0 Å². The molecule has 2 unspecified atom stereocenters. The van der Waals surface area contributed by atoms with Crippen LogP contribution in [0.5, 0.6) is 0 Å². The van der Waals surface area contributed by atoms with E-state index in [-0.39, 0.29) is 11.8 Å². The molecule has 1 amide bonds. The van der Waals surface area contributed by atoms with Crippen LogP contribution in [0.2, 0.25) is 5.02 Å². The van der Waals surface area contributed by atoms with Crippen molar-refractivity contribution in [3.8, 4) is 11.3 Å². The number of anilines is 1. The summed E-state index contributed by atoms with van der Waals surface area (Å²) < 4.78 is 0. The number of amides is 1. The van der Waals surface area contributed by atoms with Crippen molar-refractivity contribution in [3.05, 3.63) is 53.6 Å². The lowest BCUT2D eigenvalue weighted by molar-refractivity contribution is -0.134. The number of piperazine rings is 1. The number of hydrogen-bond donors (Lipinski definition) is 1. The van der Waals surface area contributed by atoms with Crippen LogP contribution in [0.4, 0.5) is 5.82 Å². The number of benzene rings is 2. The standard InChI is InChI=1S/C24H28ClN5O/c1-3-16(2)21(26)24(31)30-14-12-29(13-15-30)23-20-7-5-4-6-19(20)22(27-28-23)17-8-10-18(25)11-9-17/h4-11,16,21H,3,12-15,26H2,1-2H3. The molecule has 1 aliphatic heterocycles. The Morgan fingerprint density at radius 2 is 1.68 bits per heavy atom. The molecule has 7 heteroatoms. The third-order valence-corrected chi connectivity index (χ3v) is 6.47. The number of carbonyl (C=O) groups is 1. The van der Waals surface area contributed by atoms with Crippen LogP contribution in [0.3, 0.4) is 0 Å². The first kappa shape index (κ1) is 21.5. The molecule has 0 aliphatic carbocycles. The van der Waals surface area contributed by atoms with Gasteiger partial charge < -0.3 is 15.5 Å². The molecule has 1 fully saturated rings. The molecule has 2 atom stereocenters. The van der Waals surface area contributed by atoms with Gasteiger partial charge in [0.05, 0.1) is 6.04 Å². The number of fused-ring (bicyclic) bond motifs is 1. The summed E-state index contributed by atoms with van der Waals surface area (Å²) in [6.45, 7) is 6.78. The third-order valence-electron chi connectivity index (χ3n) is 6.22. The van der Waals surface area contributed by atoms with Crippen LogP contribution in [0, 0.1) is 5.92 Å². The number of nitrogens with two attached hydrogens (primary N) is 1. The summed E-state index contributed by atoms with van der Waals surface area (Å²) in [7, 11) is 0. The van der Waals surface area contributed by atoms with E-state index < -0.39 is 6.04 Å². The highest BCUT2D eigenvalue weighted by Crippen LogP contribution is 2.32. The van der Waals surface area contributed by atoms with Gasteiger partial charge in [0.15, 0.2) is 5.82 Å². The van der Waals surface area contributed by atoms with Crippen LogP contribution < -0.4 is 10.6 Å². The Morgan fingerprint density at radius 3 is 2.32 bits per heavy atom. The van der Waals surface area contributed by atoms with E-state index in [9.17, 15) is 4.79 Å². The second-order valence-electron chi connectivity index (χ2n) is 8.15. The lowest BCUT2D eigenvalue weighted by atomic mass is 9.98. The second kappa shape index (κ2) is 9.20.